The highest BCUT2D eigenvalue weighted by molar-refractivity contribution is 6.20. The number of nitrogens with zero attached hydrogens (tertiary/aromatic N) is 1. The number of aldehydes is 1. The summed E-state index contributed by atoms with van der Waals surface area (Å²) in [4.78, 5) is 39.6. The molecule has 1 amide bonds. The van der Waals surface area contributed by atoms with Crippen molar-refractivity contribution in [2.24, 2.45) is 0 Å². The lowest BCUT2D eigenvalue weighted by molar-refractivity contribution is -0.195. The fourth-order valence-corrected chi connectivity index (χ4v) is 4.03. The van der Waals surface area contributed by atoms with E-state index in [2.05, 4.69) is 24.4 Å². The smallest absolute Gasteiger partial charge is 0.361 e. The van der Waals surface area contributed by atoms with Crippen molar-refractivity contribution in [3.8, 4) is 0 Å². The van der Waals surface area contributed by atoms with E-state index in [1.807, 2.05) is 0 Å². The number of carbonyl (C=O) groups excluding carboxylic acids is 3. The number of benzene rings is 2. The minimum atomic E-state index is -4.45. The minimum absolute atomic E-state index is 0.0192. The zero-order valence-electron chi connectivity index (χ0n) is 23.1. The number of hydroxylamine groups is 2. The molecule has 0 heterocycles. The molecule has 0 bridgehead atoms. The van der Waals surface area contributed by atoms with E-state index in [-0.39, 0.29) is 25.3 Å². The zero-order chi connectivity index (χ0) is 29.2. The first-order chi connectivity index (χ1) is 19.2. The summed E-state index contributed by atoms with van der Waals surface area (Å²) in [6.45, 7) is 2.26. The van der Waals surface area contributed by atoms with Crippen LogP contribution in [0.25, 0.3) is 0 Å². The van der Waals surface area contributed by atoms with Crippen molar-refractivity contribution in [3.05, 3.63) is 77.4 Å². The number of anilines is 1. The van der Waals surface area contributed by atoms with E-state index in [9.17, 15) is 27.6 Å². The number of alkyl halides is 3. The van der Waals surface area contributed by atoms with Gasteiger partial charge in [-0.25, -0.2) is 4.79 Å². The number of hydrogen-bond donors (Lipinski definition) is 1. The average molecular weight is 561 g/mol. The molecule has 0 atom stereocenters. The molecule has 218 valence electrons. The van der Waals surface area contributed by atoms with Crippen LogP contribution >= 0.6 is 0 Å². The molecule has 40 heavy (non-hydrogen) atoms. The van der Waals surface area contributed by atoms with Gasteiger partial charge in [-0.05, 0) is 61.1 Å². The van der Waals surface area contributed by atoms with Gasteiger partial charge < -0.3 is 10.2 Å². The van der Waals surface area contributed by atoms with Crippen LogP contribution in [0.15, 0.2) is 60.7 Å². The number of rotatable bonds is 18. The summed E-state index contributed by atoms with van der Waals surface area (Å²) in [6.07, 6.45) is 10.6. The molecule has 6 nitrogen and oxygen atoms in total. The van der Waals surface area contributed by atoms with E-state index in [4.69, 9.17) is 4.84 Å². The summed E-state index contributed by atoms with van der Waals surface area (Å²) in [5.74, 6) is -1.18. The van der Waals surface area contributed by atoms with Crippen LogP contribution < -0.4 is 5.32 Å². The van der Waals surface area contributed by atoms with Gasteiger partial charge in [0.05, 0.1) is 18.7 Å². The summed E-state index contributed by atoms with van der Waals surface area (Å²) in [5.41, 5.74) is 1.02. The number of unbranched alkanes of at least 4 members (excludes halogenated alkanes) is 7. The van der Waals surface area contributed by atoms with E-state index >= 15 is 0 Å². The summed E-state index contributed by atoms with van der Waals surface area (Å²) in [6, 6.07) is 11.4. The van der Waals surface area contributed by atoms with Crippen molar-refractivity contribution in [1.29, 1.82) is 0 Å². The van der Waals surface area contributed by atoms with E-state index in [1.165, 1.54) is 42.9 Å². The molecule has 0 aliphatic rings. The van der Waals surface area contributed by atoms with Gasteiger partial charge in [-0.1, -0.05) is 75.4 Å². The molecule has 2 aromatic rings. The topological polar surface area (TPSA) is 75.7 Å². The fourth-order valence-electron chi connectivity index (χ4n) is 4.03. The fraction of sp³-hybridized carbons (Fsp3) is 0.452. The number of carbonyl (C=O) groups is 3. The molecule has 0 spiro atoms. The number of halogens is 3. The van der Waals surface area contributed by atoms with Crippen molar-refractivity contribution in [2.45, 2.75) is 90.4 Å². The predicted molar refractivity (Wildman–Crippen MR) is 149 cm³/mol. The Hall–Kier alpha value is -3.46. The second-order valence-electron chi connectivity index (χ2n) is 9.69. The molecule has 0 unspecified atom stereocenters. The Labute approximate surface area is 234 Å². The molecule has 0 saturated carbocycles. The second kappa shape index (κ2) is 18.0. The lowest BCUT2D eigenvalue weighted by Crippen LogP contribution is -2.27. The molecule has 1 N–H and O–H groups in total. The first-order valence-electron chi connectivity index (χ1n) is 13.8. The van der Waals surface area contributed by atoms with Crippen molar-refractivity contribution < 1.29 is 32.4 Å². The van der Waals surface area contributed by atoms with Crippen LogP contribution in [0.4, 0.5) is 18.9 Å². The van der Waals surface area contributed by atoms with Gasteiger partial charge in [-0.3, -0.25) is 9.59 Å². The molecule has 0 aliphatic heterocycles. The van der Waals surface area contributed by atoms with Gasteiger partial charge in [0.1, 0.15) is 0 Å². The van der Waals surface area contributed by atoms with Crippen LogP contribution in [0, 0.1) is 0 Å². The van der Waals surface area contributed by atoms with Crippen molar-refractivity contribution in [2.75, 3.05) is 5.32 Å². The lowest BCUT2D eigenvalue weighted by atomic mass is 10.1. The van der Waals surface area contributed by atoms with E-state index in [0.29, 0.717) is 23.2 Å². The molecule has 9 heteroatoms. The quantitative estimate of drug-likeness (QED) is 0.0662. The molecule has 2 rings (SSSR count). The average Bonchev–Trinajstić information content (AvgIpc) is 2.92. The Morgan fingerprint density at radius 2 is 1.38 bits per heavy atom. The number of hydrogen-bond acceptors (Lipinski definition) is 5. The molecule has 0 aliphatic carbocycles. The first-order valence-corrected chi connectivity index (χ1v) is 13.8. The van der Waals surface area contributed by atoms with Gasteiger partial charge in [0.15, 0.2) is 0 Å². The Morgan fingerprint density at radius 3 is 1.95 bits per heavy atom. The highest BCUT2D eigenvalue weighted by atomic mass is 19.4. The second-order valence-corrected chi connectivity index (χ2v) is 9.69. The van der Waals surface area contributed by atoms with Gasteiger partial charge >= 0.3 is 12.1 Å². The molecule has 0 aromatic heterocycles. The molecular weight excluding hydrogens is 521 g/mol. The maximum Gasteiger partial charge on any atom is 0.416 e. The standard InChI is InChI=1S/C31H39F3N2O4/c1-2-3-4-5-6-7-8-9-10-11-12-13-29(38)35-28-20-16-26(17-21-28)23-36(40-30(39)24-37)22-25-14-18-27(19-15-25)31(32,33)34/h5-6,14-21,24H,2-4,7-13,22-23H2,1H3,(H,35,38). The molecule has 0 radical (unpaired) electrons. The van der Waals surface area contributed by atoms with Gasteiger partial charge in [0.25, 0.3) is 0 Å². The van der Waals surface area contributed by atoms with Crippen molar-refractivity contribution in [1.82, 2.24) is 5.06 Å². The first kappa shape index (κ1) is 32.8. The summed E-state index contributed by atoms with van der Waals surface area (Å²) < 4.78 is 38.5. The van der Waals surface area contributed by atoms with Gasteiger partial charge in [-0.15, -0.1) is 5.06 Å². The van der Waals surface area contributed by atoms with E-state index in [0.717, 1.165) is 44.2 Å². The SMILES string of the molecule is CCCCC=CCCCCCCCC(=O)Nc1ccc(CN(Cc2ccc(C(F)(F)F)cc2)OC(=O)C=O)cc1. The van der Waals surface area contributed by atoms with Crippen molar-refractivity contribution >= 4 is 23.9 Å². The van der Waals surface area contributed by atoms with Crippen LogP contribution in [0.3, 0.4) is 0 Å². The molecule has 2 aromatic carbocycles. The molecule has 0 fully saturated rings. The summed E-state index contributed by atoms with van der Waals surface area (Å²) in [5, 5.41) is 4.06. The van der Waals surface area contributed by atoms with Crippen LogP contribution in [-0.4, -0.2) is 23.2 Å². The zero-order valence-corrected chi connectivity index (χ0v) is 23.1. The maximum atomic E-state index is 12.8. The number of amides is 1. The highest BCUT2D eigenvalue weighted by Crippen LogP contribution is 2.29. The predicted octanol–water partition coefficient (Wildman–Crippen LogP) is 7.78. The van der Waals surface area contributed by atoms with E-state index in [1.54, 1.807) is 24.3 Å². The number of nitrogens with one attached hydrogen (secondary N) is 1. The van der Waals surface area contributed by atoms with Gasteiger partial charge in [-0.2, -0.15) is 13.2 Å². The largest absolute Gasteiger partial charge is 0.416 e. The van der Waals surface area contributed by atoms with Crippen LogP contribution in [0.2, 0.25) is 0 Å². The summed E-state index contributed by atoms with van der Waals surface area (Å²) in [7, 11) is 0. The Morgan fingerprint density at radius 1 is 0.825 bits per heavy atom. The van der Waals surface area contributed by atoms with Crippen LogP contribution in [0.1, 0.15) is 87.8 Å². The monoisotopic (exact) mass is 560 g/mol. The third kappa shape index (κ3) is 13.6. The minimum Gasteiger partial charge on any atom is -0.361 e. The lowest BCUT2D eigenvalue weighted by Gasteiger charge is -2.20. The molecule has 0 saturated heterocycles. The van der Waals surface area contributed by atoms with Crippen LogP contribution in [-0.2, 0) is 38.5 Å². The van der Waals surface area contributed by atoms with Crippen LogP contribution in [0.5, 0.6) is 0 Å². The normalized spacial score (nSPS) is 11.6. The third-order valence-corrected chi connectivity index (χ3v) is 6.22. The summed E-state index contributed by atoms with van der Waals surface area (Å²) >= 11 is 0. The highest BCUT2D eigenvalue weighted by Gasteiger charge is 2.30. The number of allylic oxidation sites excluding steroid dienone is 2. The Bertz CT molecular complexity index is 1070. The third-order valence-electron chi connectivity index (χ3n) is 6.22. The maximum absolute atomic E-state index is 12.8. The van der Waals surface area contributed by atoms with Gasteiger partial charge in [0, 0.05) is 12.1 Å². The Kier molecular flexibility index (Phi) is 14.7. The molecular formula is C31H39F3N2O4. The Balaban J connectivity index is 1.77. The van der Waals surface area contributed by atoms with Gasteiger partial charge in [0.2, 0.25) is 12.2 Å². The van der Waals surface area contributed by atoms with Crippen molar-refractivity contribution in [3.63, 3.8) is 0 Å². The van der Waals surface area contributed by atoms with E-state index < -0.39 is 17.7 Å².